The zero-order chi connectivity index (χ0) is 13.5. The lowest BCUT2D eigenvalue weighted by Crippen LogP contribution is -2.35. The first-order chi connectivity index (χ1) is 9.15. The van der Waals surface area contributed by atoms with Gasteiger partial charge in [-0.25, -0.2) is 4.98 Å². The van der Waals surface area contributed by atoms with Crippen LogP contribution in [0.2, 0.25) is 0 Å². The number of nitrogens with zero attached hydrogens (tertiary/aromatic N) is 3. The van der Waals surface area contributed by atoms with Crippen molar-refractivity contribution in [1.82, 2.24) is 4.98 Å². The van der Waals surface area contributed by atoms with Gasteiger partial charge in [-0.3, -0.25) is 4.79 Å². The molecule has 2 fully saturated rings. The fraction of sp³-hybridized carbons (Fsp3) is 0.500. The molecule has 1 aliphatic carbocycles. The van der Waals surface area contributed by atoms with Crippen molar-refractivity contribution in [2.45, 2.75) is 19.3 Å². The molecule has 0 spiro atoms. The fourth-order valence-corrected chi connectivity index (χ4v) is 3.48. The Morgan fingerprint density at radius 2 is 2.42 bits per heavy atom. The molecule has 98 valence electrons. The third-order valence-corrected chi connectivity index (χ3v) is 4.47. The minimum atomic E-state index is -0.686. The molecule has 1 aliphatic heterocycles. The van der Waals surface area contributed by atoms with Crippen molar-refractivity contribution in [2.24, 2.45) is 11.3 Å². The van der Waals surface area contributed by atoms with Gasteiger partial charge in [-0.2, -0.15) is 5.26 Å². The first-order valence-corrected chi connectivity index (χ1v) is 6.51. The van der Waals surface area contributed by atoms with Crippen molar-refractivity contribution in [3.63, 3.8) is 0 Å². The van der Waals surface area contributed by atoms with E-state index in [1.807, 2.05) is 17.0 Å². The highest BCUT2D eigenvalue weighted by Crippen LogP contribution is 2.49. The van der Waals surface area contributed by atoms with Crippen LogP contribution in [0.4, 0.5) is 5.82 Å². The van der Waals surface area contributed by atoms with Crippen LogP contribution in [-0.2, 0) is 4.79 Å². The number of anilines is 1. The second kappa shape index (κ2) is 4.23. The topological polar surface area (TPSA) is 77.2 Å². The third-order valence-electron chi connectivity index (χ3n) is 4.47. The summed E-state index contributed by atoms with van der Waals surface area (Å²) in [6, 6.07) is 7.32. The number of aliphatic carboxylic acids is 1. The Morgan fingerprint density at radius 3 is 3.11 bits per heavy atom. The Bertz CT molecular complexity index is 566. The van der Waals surface area contributed by atoms with Crippen LogP contribution in [0.15, 0.2) is 18.2 Å². The van der Waals surface area contributed by atoms with Crippen molar-refractivity contribution in [1.29, 1.82) is 5.26 Å². The number of carbonyl (C=O) groups is 1. The maximum atomic E-state index is 11.6. The molecule has 0 amide bonds. The van der Waals surface area contributed by atoms with Gasteiger partial charge in [-0.1, -0.05) is 12.5 Å². The smallest absolute Gasteiger partial charge is 0.311 e. The summed E-state index contributed by atoms with van der Waals surface area (Å²) in [5.41, 5.74) is -0.233. The molecule has 1 saturated carbocycles. The van der Waals surface area contributed by atoms with Crippen molar-refractivity contribution < 1.29 is 9.90 Å². The third kappa shape index (κ3) is 1.75. The molecule has 5 nitrogen and oxygen atoms in total. The Hall–Kier alpha value is -2.09. The second-order valence-corrected chi connectivity index (χ2v) is 5.42. The van der Waals surface area contributed by atoms with Crippen LogP contribution in [0.1, 0.15) is 25.0 Å². The molecule has 1 saturated heterocycles. The molecule has 2 aliphatic rings. The molecular weight excluding hydrogens is 242 g/mol. The number of aromatic nitrogens is 1. The predicted octanol–water partition coefficient (Wildman–Crippen LogP) is 1.64. The molecule has 0 radical (unpaired) electrons. The predicted molar refractivity (Wildman–Crippen MR) is 68.6 cm³/mol. The summed E-state index contributed by atoms with van der Waals surface area (Å²) >= 11 is 0. The van der Waals surface area contributed by atoms with Crippen LogP contribution in [0.25, 0.3) is 0 Å². The normalized spacial score (nSPS) is 29.0. The van der Waals surface area contributed by atoms with Gasteiger partial charge in [0.1, 0.15) is 17.6 Å². The first kappa shape index (κ1) is 12.0. The maximum Gasteiger partial charge on any atom is 0.311 e. The molecule has 1 N–H and O–H groups in total. The van der Waals surface area contributed by atoms with Gasteiger partial charge in [0, 0.05) is 13.1 Å². The SMILES string of the molecule is N#Cc1cccc(N2C[C@@H]3CCC[C@@]3(C(=O)O)C2)n1. The van der Waals surface area contributed by atoms with Crippen LogP contribution in [-0.4, -0.2) is 29.1 Å². The van der Waals surface area contributed by atoms with Gasteiger partial charge in [-0.05, 0) is 30.9 Å². The Morgan fingerprint density at radius 1 is 1.58 bits per heavy atom. The minimum Gasteiger partial charge on any atom is -0.481 e. The lowest BCUT2D eigenvalue weighted by atomic mass is 9.81. The van der Waals surface area contributed by atoms with Gasteiger partial charge in [0.25, 0.3) is 0 Å². The summed E-state index contributed by atoms with van der Waals surface area (Å²) in [5, 5.41) is 18.4. The summed E-state index contributed by atoms with van der Waals surface area (Å²) in [6.45, 7) is 1.24. The van der Waals surface area contributed by atoms with Gasteiger partial charge in [0.15, 0.2) is 0 Å². The fourth-order valence-electron chi connectivity index (χ4n) is 3.48. The van der Waals surface area contributed by atoms with E-state index in [4.69, 9.17) is 5.26 Å². The monoisotopic (exact) mass is 257 g/mol. The molecule has 0 bridgehead atoms. The van der Waals surface area contributed by atoms with Gasteiger partial charge < -0.3 is 10.0 Å². The maximum absolute atomic E-state index is 11.6. The van der Waals surface area contributed by atoms with E-state index in [0.29, 0.717) is 18.1 Å². The Kier molecular flexibility index (Phi) is 2.67. The van der Waals surface area contributed by atoms with E-state index >= 15 is 0 Å². The minimum absolute atomic E-state index is 0.206. The molecule has 1 aromatic heterocycles. The van der Waals surface area contributed by atoms with E-state index in [1.165, 1.54) is 0 Å². The zero-order valence-corrected chi connectivity index (χ0v) is 10.5. The lowest BCUT2D eigenvalue weighted by Gasteiger charge is -2.23. The molecule has 0 unspecified atom stereocenters. The number of hydrogen-bond acceptors (Lipinski definition) is 4. The van der Waals surface area contributed by atoms with Crippen LogP contribution in [0, 0.1) is 22.7 Å². The molecule has 5 heteroatoms. The summed E-state index contributed by atoms with van der Waals surface area (Å²) in [4.78, 5) is 17.9. The quantitative estimate of drug-likeness (QED) is 0.871. The standard InChI is InChI=1S/C14H15N3O2/c15-7-11-4-1-5-12(16-11)17-8-10-3-2-6-14(10,9-17)13(18)19/h1,4-5,10H,2-3,6,8-9H2,(H,18,19)/t10-,14+/m0/s1. The van der Waals surface area contributed by atoms with Crippen molar-refractivity contribution in [3.8, 4) is 6.07 Å². The van der Waals surface area contributed by atoms with Crippen LogP contribution in [0.5, 0.6) is 0 Å². The molecule has 3 rings (SSSR count). The van der Waals surface area contributed by atoms with E-state index in [9.17, 15) is 9.90 Å². The number of carboxylic acids is 1. The average Bonchev–Trinajstić information content (AvgIpc) is 2.96. The summed E-state index contributed by atoms with van der Waals surface area (Å²) in [6.07, 6.45) is 2.72. The lowest BCUT2D eigenvalue weighted by molar-refractivity contribution is -0.149. The van der Waals surface area contributed by atoms with Gasteiger partial charge >= 0.3 is 5.97 Å². The summed E-state index contributed by atoms with van der Waals surface area (Å²) in [7, 11) is 0. The van der Waals surface area contributed by atoms with E-state index in [0.717, 1.165) is 25.8 Å². The van der Waals surface area contributed by atoms with E-state index in [2.05, 4.69) is 4.98 Å². The van der Waals surface area contributed by atoms with Gasteiger partial charge in [0.2, 0.25) is 0 Å². The highest BCUT2D eigenvalue weighted by atomic mass is 16.4. The van der Waals surface area contributed by atoms with Gasteiger partial charge in [0.05, 0.1) is 5.41 Å². The molecule has 0 aromatic carbocycles. The second-order valence-electron chi connectivity index (χ2n) is 5.42. The number of hydrogen-bond donors (Lipinski definition) is 1. The van der Waals surface area contributed by atoms with Gasteiger partial charge in [-0.15, -0.1) is 0 Å². The Labute approximate surface area is 111 Å². The largest absolute Gasteiger partial charge is 0.481 e. The molecule has 1 aromatic rings. The van der Waals surface area contributed by atoms with E-state index in [1.54, 1.807) is 12.1 Å². The van der Waals surface area contributed by atoms with Crippen LogP contribution < -0.4 is 4.90 Å². The summed E-state index contributed by atoms with van der Waals surface area (Å²) < 4.78 is 0. The summed E-state index contributed by atoms with van der Waals surface area (Å²) in [5.74, 6) is 0.237. The molecular formula is C14H15N3O2. The first-order valence-electron chi connectivity index (χ1n) is 6.51. The number of nitriles is 1. The van der Waals surface area contributed by atoms with Crippen LogP contribution in [0.3, 0.4) is 0 Å². The van der Waals surface area contributed by atoms with Crippen molar-refractivity contribution in [3.05, 3.63) is 23.9 Å². The van der Waals surface area contributed by atoms with Crippen LogP contribution >= 0.6 is 0 Å². The highest BCUT2D eigenvalue weighted by molar-refractivity contribution is 5.77. The van der Waals surface area contributed by atoms with Crippen molar-refractivity contribution in [2.75, 3.05) is 18.0 Å². The molecule has 2 heterocycles. The number of rotatable bonds is 2. The number of fused-ring (bicyclic) bond motifs is 1. The highest BCUT2D eigenvalue weighted by Gasteiger charge is 2.55. The zero-order valence-electron chi connectivity index (χ0n) is 10.5. The number of carboxylic acid groups (broad SMARTS) is 1. The Balaban J connectivity index is 1.90. The average molecular weight is 257 g/mol. The molecule has 19 heavy (non-hydrogen) atoms. The number of pyridine rings is 1. The van der Waals surface area contributed by atoms with E-state index in [-0.39, 0.29) is 5.92 Å². The molecule has 2 atom stereocenters. The van der Waals surface area contributed by atoms with E-state index < -0.39 is 11.4 Å². The van der Waals surface area contributed by atoms with Crippen molar-refractivity contribution >= 4 is 11.8 Å².